The second-order valence-electron chi connectivity index (χ2n) is 3.58. The molecule has 0 aromatic heterocycles. The van der Waals surface area contributed by atoms with Crippen molar-refractivity contribution in [2.24, 2.45) is 0 Å². The highest BCUT2D eigenvalue weighted by atomic mass is 19.4. The van der Waals surface area contributed by atoms with E-state index in [0.717, 1.165) is 12.1 Å². The topological polar surface area (TPSA) is 35.5 Å². The molecule has 0 saturated carbocycles. The van der Waals surface area contributed by atoms with Gasteiger partial charge in [-0.15, -0.1) is 0 Å². The van der Waals surface area contributed by atoms with E-state index >= 15 is 0 Å². The minimum Gasteiger partial charge on any atom is -0.479 e. The Balaban J connectivity index is 2.06. The van der Waals surface area contributed by atoms with E-state index in [-0.39, 0.29) is 12.4 Å². The van der Waals surface area contributed by atoms with Gasteiger partial charge in [0.25, 0.3) is 0 Å². The molecule has 1 heterocycles. The highest BCUT2D eigenvalue weighted by molar-refractivity contribution is 5.76. The van der Waals surface area contributed by atoms with E-state index in [0.29, 0.717) is 6.42 Å². The van der Waals surface area contributed by atoms with Crippen LogP contribution in [0.25, 0.3) is 0 Å². The standard InChI is InChI=1S/C11H9F3O3/c12-11(13,14)7-1-3-8(4-2-7)17-9-5-6-16-10(9)15/h1-4,9H,5-6H2. The van der Waals surface area contributed by atoms with Crippen LogP contribution in [0.2, 0.25) is 0 Å². The normalized spacial score (nSPS) is 20.2. The summed E-state index contributed by atoms with van der Waals surface area (Å²) in [4.78, 5) is 11.1. The SMILES string of the molecule is O=C1OCCC1Oc1ccc(C(F)(F)F)cc1. The van der Waals surface area contributed by atoms with E-state index in [1.165, 1.54) is 12.1 Å². The number of benzene rings is 1. The number of cyclic esters (lactones) is 1. The summed E-state index contributed by atoms with van der Waals surface area (Å²) in [6.07, 6.45) is -4.67. The van der Waals surface area contributed by atoms with Gasteiger partial charge in [0.05, 0.1) is 12.2 Å². The average Bonchev–Trinajstić information content (AvgIpc) is 2.64. The van der Waals surface area contributed by atoms with E-state index < -0.39 is 23.8 Å². The van der Waals surface area contributed by atoms with Crippen molar-refractivity contribution in [3.05, 3.63) is 29.8 Å². The molecule has 0 N–H and O–H groups in total. The summed E-state index contributed by atoms with van der Waals surface area (Å²) in [7, 11) is 0. The van der Waals surface area contributed by atoms with Crippen molar-refractivity contribution >= 4 is 5.97 Å². The summed E-state index contributed by atoms with van der Waals surface area (Å²) in [6.45, 7) is 0.282. The highest BCUT2D eigenvalue weighted by Crippen LogP contribution is 2.30. The monoisotopic (exact) mass is 246 g/mol. The lowest BCUT2D eigenvalue weighted by Gasteiger charge is -2.11. The lowest BCUT2D eigenvalue weighted by molar-refractivity contribution is -0.143. The molecular weight excluding hydrogens is 237 g/mol. The van der Waals surface area contributed by atoms with Gasteiger partial charge in [-0.1, -0.05) is 0 Å². The summed E-state index contributed by atoms with van der Waals surface area (Å²) in [5.41, 5.74) is -0.751. The first-order valence-electron chi connectivity index (χ1n) is 4.97. The van der Waals surface area contributed by atoms with Crippen molar-refractivity contribution in [2.45, 2.75) is 18.7 Å². The molecule has 3 nitrogen and oxygen atoms in total. The molecule has 1 saturated heterocycles. The smallest absolute Gasteiger partial charge is 0.416 e. The molecule has 1 aromatic carbocycles. The Morgan fingerprint density at radius 2 is 1.88 bits per heavy atom. The van der Waals surface area contributed by atoms with Crippen LogP contribution in [0.4, 0.5) is 13.2 Å². The van der Waals surface area contributed by atoms with E-state index in [1.54, 1.807) is 0 Å². The van der Waals surface area contributed by atoms with Crippen LogP contribution in [0, 0.1) is 0 Å². The Hall–Kier alpha value is -1.72. The number of carbonyl (C=O) groups excluding carboxylic acids is 1. The van der Waals surface area contributed by atoms with E-state index in [4.69, 9.17) is 4.74 Å². The fraction of sp³-hybridized carbons (Fsp3) is 0.364. The first kappa shape index (κ1) is 11.8. The minimum atomic E-state index is -4.37. The Morgan fingerprint density at radius 3 is 2.35 bits per heavy atom. The van der Waals surface area contributed by atoms with Crippen molar-refractivity contribution < 1.29 is 27.4 Å². The lowest BCUT2D eigenvalue weighted by Crippen LogP contribution is -2.21. The molecule has 1 aliphatic rings. The highest BCUT2D eigenvalue weighted by Gasteiger charge is 2.31. The maximum absolute atomic E-state index is 12.3. The van der Waals surface area contributed by atoms with E-state index in [1.807, 2.05) is 0 Å². The summed E-state index contributed by atoms with van der Waals surface area (Å²) >= 11 is 0. The molecule has 1 aromatic rings. The molecule has 1 aliphatic heterocycles. The van der Waals surface area contributed by atoms with Crippen molar-refractivity contribution in [1.82, 2.24) is 0 Å². The maximum Gasteiger partial charge on any atom is 0.416 e. The predicted octanol–water partition coefficient (Wildman–Crippen LogP) is 2.40. The van der Waals surface area contributed by atoms with Gasteiger partial charge >= 0.3 is 12.1 Å². The second kappa shape index (κ2) is 4.27. The zero-order chi connectivity index (χ0) is 12.5. The minimum absolute atomic E-state index is 0.224. The third-order valence-electron chi connectivity index (χ3n) is 2.35. The number of hydrogen-bond donors (Lipinski definition) is 0. The van der Waals surface area contributed by atoms with Crippen molar-refractivity contribution in [1.29, 1.82) is 0 Å². The molecule has 0 amide bonds. The number of esters is 1. The number of alkyl halides is 3. The number of rotatable bonds is 2. The third kappa shape index (κ3) is 2.69. The van der Waals surface area contributed by atoms with Crippen molar-refractivity contribution in [3.8, 4) is 5.75 Å². The molecule has 1 unspecified atom stereocenters. The molecule has 1 atom stereocenters. The third-order valence-corrected chi connectivity index (χ3v) is 2.35. The predicted molar refractivity (Wildman–Crippen MR) is 51.4 cm³/mol. The number of ether oxygens (including phenoxy) is 2. The van der Waals surface area contributed by atoms with Crippen LogP contribution < -0.4 is 4.74 Å². The maximum atomic E-state index is 12.3. The zero-order valence-electron chi connectivity index (χ0n) is 8.66. The van der Waals surface area contributed by atoms with Crippen LogP contribution in [0.5, 0.6) is 5.75 Å². The number of halogens is 3. The molecule has 92 valence electrons. The molecule has 0 bridgehead atoms. The fourth-order valence-corrected chi connectivity index (χ4v) is 1.47. The largest absolute Gasteiger partial charge is 0.479 e. The second-order valence-corrected chi connectivity index (χ2v) is 3.58. The van der Waals surface area contributed by atoms with Gasteiger partial charge in [0.15, 0.2) is 6.10 Å². The first-order valence-corrected chi connectivity index (χ1v) is 4.97. The molecule has 0 spiro atoms. The quantitative estimate of drug-likeness (QED) is 0.751. The molecular formula is C11H9F3O3. The fourth-order valence-electron chi connectivity index (χ4n) is 1.47. The Morgan fingerprint density at radius 1 is 1.24 bits per heavy atom. The first-order chi connectivity index (χ1) is 7.97. The van der Waals surface area contributed by atoms with Crippen molar-refractivity contribution in [3.63, 3.8) is 0 Å². The van der Waals surface area contributed by atoms with Crippen LogP contribution in [0.3, 0.4) is 0 Å². The van der Waals surface area contributed by atoms with Gasteiger partial charge in [-0.2, -0.15) is 13.2 Å². The van der Waals surface area contributed by atoms with Gasteiger partial charge in [-0.05, 0) is 24.3 Å². The molecule has 1 fully saturated rings. The Kier molecular flexibility index (Phi) is 2.95. The van der Waals surface area contributed by atoms with Gasteiger partial charge in [0.1, 0.15) is 5.75 Å². The molecule has 17 heavy (non-hydrogen) atoms. The number of carbonyl (C=O) groups is 1. The van der Waals surface area contributed by atoms with E-state index in [9.17, 15) is 18.0 Å². The van der Waals surface area contributed by atoms with E-state index in [2.05, 4.69) is 4.74 Å². The molecule has 2 rings (SSSR count). The van der Waals surface area contributed by atoms with Crippen LogP contribution in [0.15, 0.2) is 24.3 Å². The summed E-state index contributed by atoms with van der Waals surface area (Å²) < 4.78 is 46.7. The van der Waals surface area contributed by atoms with Crippen molar-refractivity contribution in [2.75, 3.05) is 6.61 Å². The number of hydrogen-bond acceptors (Lipinski definition) is 3. The van der Waals surface area contributed by atoms with Gasteiger partial charge in [-0.25, -0.2) is 4.79 Å². The average molecular weight is 246 g/mol. The summed E-state index contributed by atoms with van der Waals surface area (Å²) in [6, 6.07) is 4.20. The summed E-state index contributed by atoms with van der Waals surface area (Å²) in [5, 5.41) is 0. The summed E-state index contributed by atoms with van der Waals surface area (Å²) in [5.74, 6) is -0.258. The van der Waals surface area contributed by atoms with Crippen LogP contribution in [-0.4, -0.2) is 18.7 Å². The van der Waals surface area contributed by atoms with Gasteiger partial charge in [0, 0.05) is 6.42 Å². The zero-order valence-corrected chi connectivity index (χ0v) is 8.66. The molecule has 0 aliphatic carbocycles. The van der Waals surface area contributed by atoms with Gasteiger partial charge in [0.2, 0.25) is 0 Å². The Labute approximate surface area is 95.1 Å². The van der Waals surface area contributed by atoms with Gasteiger partial charge < -0.3 is 9.47 Å². The lowest BCUT2D eigenvalue weighted by atomic mass is 10.2. The Bertz CT molecular complexity index is 411. The van der Waals surface area contributed by atoms with Gasteiger partial charge in [-0.3, -0.25) is 0 Å². The molecule has 6 heteroatoms. The van der Waals surface area contributed by atoms with Crippen LogP contribution >= 0.6 is 0 Å². The van der Waals surface area contributed by atoms with Crippen LogP contribution in [0.1, 0.15) is 12.0 Å². The molecule has 0 radical (unpaired) electrons. The van der Waals surface area contributed by atoms with Crippen LogP contribution in [-0.2, 0) is 15.7 Å².